The molecule has 0 fully saturated rings. The summed E-state index contributed by atoms with van der Waals surface area (Å²) in [4.78, 5) is 10.4. The van der Waals surface area contributed by atoms with Crippen LogP contribution in [0.5, 0.6) is 0 Å². The Labute approximate surface area is 187 Å². The predicted octanol–water partition coefficient (Wildman–Crippen LogP) is 7.24. The van der Waals surface area contributed by atoms with Crippen molar-refractivity contribution in [2.75, 3.05) is 19.7 Å². The molecule has 0 unspecified atom stereocenters. The van der Waals surface area contributed by atoms with E-state index in [0.29, 0.717) is 6.42 Å². The molecule has 0 aromatic rings. The first-order valence-corrected chi connectivity index (χ1v) is 13.3. The van der Waals surface area contributed by atoms with Gasteiger partial charge in [0.1, 0.15) is 0 Å². The molecule has 0 atom stereocenters. The summed E-state index contributed by atoms with van der Waals surface area (Å²) in [5.74, 6) is -0.656. The highest BCUT2D eigenvalue weighted by molar-refractivity contribution is 5.66. The van der Waals surface area contributed by atoms with Crippen LogP contribution < -0.4 is 5.32 Å². The molecule has 0 amide bonds. The van der Waals surface area contributed by atoms with E-state index in [1.807, 2.05) is 0 Å². The van der Waals surface area contributed by atoms with Crippen LogP contribution in [0, 0.1) is 0 Å². The molecule has 4 heteroatoms. The first kappa shape index (κ1) is 29.4. The number of carboxylic acids is 1. The normalized spacial score (nSPS) is 11.2. The van der Waals surface area contributed by atoms with Gasteiger partial charge in [0, 0.05) is 13.0 Å². The number of hydrogen-bond acceptors (Lipinski definition) is 3. The van der Waals surface area contributed by atoms with E-state index in [-0.39, 0.29) is 6.61 Å². The Kier molecular flexibility index (Phi) is 25.9. The fourth-order valence-electron chi connectivity index (χ4n) is 4.09. The van der Waals surface area contributed by atoms with E-state index in [1.165, 1.54) is 122 Å². The average molecular weight is 428 g/mol. The van der Waals surface area contributed by atoms with Crippen LogP contribution in [-0.4, -0.2) is 35.9 Å². The maximum Gasteiger partial charge on any atom is 0.303 e. The minimum absolute atomic E-state index is 0.251. The fraction of sp³-hybridized carbons (Fsp3) is 0.962. The summed E-state index contributed by atoms with van der Waals surface area (Å²) in [6, 6.07) is 0. The van der Waals surface area contributed by atoms with Gasteiger partial charge in [0.2, 0.25) is 0 Å². The molecule has 0 heterocycles. The molecule has 0 bridgehead atoms. The van der Waals surface area contributed by atoms with E-state index in [4.69, 9.17) is 10.2 Å². The van der Waals surface area contributed by atoms with Gasteiger partial charge in [-0.15, -0.1) is 0 Å². The highest BCUT2D eigenvalue weighted by Gasteiger charge is 1.97. The van der Waals surface area contributed by atoms with Crippen LogP contribution in [0.4, 0.5) is 0 Å². The molecular weight excluding hydrogens is 374 g/mol. The van der Waals surface area contributed by atoms with Gasteiger partial charge in [0.25, 0.3) is 0 Å². The Bertz CT molecular complexity index is 336. The quantitative estimate of drug-likeness (QED) is 0.127. The molecule has 0 aromatic heterocycles. The van der Waals surface area contributed by atoms with Gasteiger partial charge >= 0.3 is 5.97 Å². The standard InChI is InChI=1S/C26H53NO3/c28-25-24-27-23-21-19-17-15-13-11-9-7-5-3-1-2-4-6-8-10-12-14-16-18-20-22-26(29)30/h27-28H,1-25H2,(H,29,30). The largest absolute Gasteiger partial charge is 0.481 e. The zero-order valence-electron chi connectivity index (χ0n) is 20.0. The SMILES string of the molecule is O=C(O)CCCCCCCCCCCCCCCCCCCCCCCNCCO. The van der Waals surface area contributed by atoms with Crippen molar-refractivity contribution < 1.29 is 15.0 Å². The van der Waals surface area contributed by atoms with Crippen molar-refractivity contribution in [2.24, 2.45) is 0 Å². The molecule has 0 spiro atoms. The lowest BCUT2D eigenvalue weighted by atomic mass is 10.0. The number of aliphatic hydroxyl groups excluding tert-OH is 1. The summed E-state index contributed by atoms with van der Waals surface area (Å²) in [5.41, 5.74) is 0. The summed E-state index contributed by atoms with van der Waals surface area (Å²) < 4.78 is 0. The van der Waals surface area contributed by atoms with Crippen molar-refractivity contribution in [3.05, 3.63) is 0 Å². The zero-order valence-corrected chi connectivity index (χ0v) is 20.0. The van der Waals surface area contributed by atoms with Crippen molar-refractivity contribution in [1.29, 1.82) is 0 Å². The maximum atomic E-state index is 10.4. The van der Waals surface area contributed by atoms with Gasteiger partial charge in [-0.2, -0.15) is 0 Å². The van der Waals surface area contributed by atoms with Crippen LogP contribution in [0.15, 0.2) is 0 Å². The monoisotopic (exact) mass is 427 g/mol. The molecule has 0 saturated carbocycles. The second kappa shape index (κ2) is 26.4. The molecule has 0 rings (SSSR count). The van der Waals surface area contributed by atoms with Gasteiger partial charge in [-0.05, 0) is 19.4 Å². The number of aliphatic hydroxyl groups is 1. The fourth-order valence-corrected chi connectivity index (χ4v) is 4.09. The Balaban J connectivity index is 2.99. The lowest BCUT2D eigenvalue weighted by molar-refractivity contribution is -0.137. The third-order valence-corrected chi connectivity index (χ3v) is 6.03. The molecule has 30 heavy (non-hydrogen) atoms. The van der Waals surface area contributed by atoms with E-state index >= 15 is 0 Å². The van der Waals surface area contributed by atoms with Gasteiger partial charge in [-0.1, -0.05) is 122 Å². The molecule has 4 nitrogen and oxygen atoms in total. The first-order valence-electron chi connectivity index (χ1n) is 13.3. The number of carboxylic acid groups (broad SMARTS) is 1. The van der Waals surface area contributed by atoms with Crippen LogP contribution in [-0.2, 0) is 4.79 Å². The molecule has 180 valence electrons. The van der Waals surface area contributed by atoms with Gasteiger partial charge in [0.05, 0.1) is 6.61 Å². The Morgan fingerprint density at radius 3 is 1.07 bits per heavy atom. The number of carbonyl (C=O) groups is 1. The molecule has 0 radical (unpaired) electrons. The minimum Gasteiger partial charge on any atom is -0.481 e. The summed E-state index contributed by atoms with van der Waals surface area (Å²) in [7, 11) is 0. The summed E-state index contributed by atoms with van der Waals surface area (Å²) >= 11 is 0. The van der Waals surface area contributed by atoms with Crippen molar-refractivity contribution in [3.8, 4) is 0 Å². The topological polar surface area (TPSA) is 69.6 Å². The number of hydrogen-bond donors (Lipinski definition) is 3. The second-order valence-corrected chi connectivity index (χ2v) is 9.04. The molecule has 0 aliphatic heterocycles. The zero-order chi connectivity index (χ0) is 22.0. The van der Waals surface area contributed by atoms with Gasteiger partial charge in [0.15, 0.2) is 0 Å². The molecule has 0 aliphatic carbocycles. The van der Waals surface area contributed by atoms with Gasteiger partial charge in [-0.3, -0.25) is 4.79 Å². The first-order chi connectivity index (χ1) is 14.8. The second-order valence-electron chi connectivity index (χ2n) is 9.04. The van der Waals surface area contributed by atoms with Gasteiger partial charge in [-0.25, -0.2) is 0 Å². The Hall–Kier alpha value is -0.610. The van der Waals surface area contributed by atoms with Crippen LogP contribution >= 0.6 is 0 Å². The van der Waals surface area contributed by atoms with Crippen molar-refractivity contribution in [2.45, 2.75) is 141 Å². The molecular formula is C26H53NO3. The van der Waals surface area contributed by atoms with E-state index in [9.17, 15) is 4.79 Å². The highest BCUT2D eigenvalue weighted by Crippen LogP contribution is 2.15. The van der Waals surface area contributed by atoms with E-state index in [2.05, 4.69) is 5.32 Å². The van der Waals surface area contributed by atoms with Crippen molar-refractivity contribution in [1.82, 2.24) is 5.32 Å². The molecule has 3 N–H and O–H groups in total. The molecule has 0 aliphatic rings. The third-order valence-electron chi connectivity index (χ3n) is 6.03. The number of aliphatic carboxylic acids is 1. The van der Waals surface area contributed by atoms with E-state index in [1.54, 1.807) is 0 Å². The van der Waals surface area contributed by atoms with Crippen LogP contribution in [0.25, 0.3) is 0 Å². The predicted molar refractivity (Wildman–Crippen MR) is 129 cm³/mol. The summed E-state index contributed by atoms with van der Waals surface area (Å²) in [5, 5.41) is 20.5. The Morgan fingerprint density at radius 1 is 0.467 bits per heavy atom. The van der Waals surface area contributed by atoms with E-state index < -0.39 is 5.97 Å². The third kappa shape index (κ3) is 27.4. The van der Waals surface area contributed by atoms with E-state index in [0.717, 1.165) is 25.9 Å². The minimum atomic E-state index is -0.656. The lowest BCUT2D eigenvalue weighted by Gasteiger charge is -2.04. The summed E-state index contributed by atoms with van der Waals surface area (Å²) in [6.07, 6.45) is 28.4. The van der Waals surface area contributed by atoms with Crippen LogP contribution in [0.1, 0.15) is 141 Å². The van der Waals surface area contributed by atoms with Crippen LogP contribution in [0.3, 0.4) is 0 Å². The average Bonchev–Trinajstić information content (AvgIpc) is 2.73. The highest BCUT2D eigenvalue weighted by atomic mass is 16.4. The molecule has 0 aromatic carbocycles. The number of unbranched alkanes of at least 4 members (excludes halogenated alkanes) is 20. The number of nitrogens with one attached hydrogen (secondary N) is 1. The van der Waals surface area contributed by atoms with Crippen LogP contribution in [0.2, 0.25) is 0 Å². The smallest absolute Gasteiger partial charge is 0.303 e. The maximum absolute atomic E-state index is 10.4. The van der Waals surface area contributed by atoms with Crippen molar-refractivity contribution >= 4 is 5.97 Å². The molecule has 0 saturated heterocycles. The lowest BCUT2D eigenvalue weighted by Crippen LogP contribution is -2.19. The Morgan fingerprint density at radius 2 is 0.767 bits per heavy atom. The van der Waals surface area contributed by atoms with Crippen molar-refractivity contribution in [3.63, 3.8) is 0 Å². The summed E-state index contributed by atoms with van der Waals surface area (Å²) in [6.45, 7) is 2.04. The number of rotatable bonds is 26. The van der Waals surface area contributed by atoms with Gasteiger partial charge < -0.3 is 15.5 Å².